The van der Waals surface area contributed by atoms with Crippen LogP contribution >= 0.6 is 23.1 Å². The number of amides is 2. The summed E-state index contributed by atoms with van der Waals surface area (Å²) in [5.41, 5.74) is 2.68. The fraction of sp³-hybridized carbons (Fsp3) is 0.286. The van der Waals surface area contributed by atoms with Crippen LogP contribution in [-0.2, 0) is 9.59 Å². The van der Waals surface area contributed by atoms with Crippen molar-refractivity contribution >= 4 is 50.8 Å². The third kappa shape index (κ3) is 2.89. The Labute approximate surface area is 171 Å². The number of thioether (sulfide) groups is 1. The quantitative estimate of drug-likeness (QED) is 0.698. The van der Waals surface area contributed by atoms with Crippen molar-refractivity contribution in [2.45, 2.75) is 30.7 Å². The Morgan fingerprint density at radius 1 is 1.25 bits per heavy atom. The first kappa shape index (κ1) is 17.7. The zero-order valence-corrected chi connectivity index (χ0v) is 17.0. The Hall–Kier alpha value is -2.38. The van der Waals surface area contributed by atoms with Gasteiger partial charge >= 0.3 is 0 Å². The normalized spacial score (nSPS) is 24.0. The van der Waals surface area contributed by atoms with Gasteiger partial charge in [0.25, 0.3) is 0 Å². The molecule has 2 amide bonds. The molecular weight excluding hydrogens is 390 g/mol. The highest BCUT2D eigenvalue weighted by Crippen LogP contribution is 2.47. The summed E-state index contributed by atoms with van der Waals surface area (Å²) in [6.07, 6.45) is 1.34. The summed E-state index contributed by atoms with van der Waals surface area (Å²) in [5.74, 6) is 0.606. The van der Waals surface area contributed by atoms with Crippen molar-refractivity contribution in [3.63, 3.8) is 0 Å². The van der Waals surface area contributed by atoms with E-state index in [9.17, 15) is 9.59 Å². The third-order valence-corrected chi connectivity index (χ3v) is 8.01. The molecule has 142 valence electrons. The smallest absolute Gasteiger partial charge is 0.248 e. The van der Waals surface area contributed by atoms with Crippen LogP contribution in [0.15, 0.2) is 48.5 Å². The first-order valence-corrected chi connectivity index (χ1v) is 11.1. The number of fused-ring (bicyclic) bond motifs is 2. The number of aromatic nitrogens is 1. The second-order valence-corrected chi connectivity index (χ2v) is 9.85. The Bertz CT molecular complexity index is 1060. The van der Waals surface area contributed by atoms with Crippen LogP contribution in [0.2, 0.25) is 0 Å². The first-order chi connectivity index (χ1) is 13.5. The number of thiazole rings is 1. The largest absolute Gasteiger partial charge is 0.324 e. The number of hydrogen-bond donors (Lipinski definition) is 1. The maximum absolute atomic E-state index is 12.9. The Kier molecular flexibility index (Phi) is 4.17. The lowest BCUT2D eigenvalue weighted by atomic mass is 10.2. The second kappa shape index (κ2) is 6.60. The van der Waals surface area contributed by atoms with Crippen molar-refractivity contribution in [2.75, 3.05) is 11.1 Å². The van der Waals surface area contributed by atoms with Crippen LogP contribution in [0, 0.1) is 0 Å². The molecule has 5 nitrogen and oxygen atoms in total. The van der Waals surface area contributed by atoms with Gasteiger partial charge in [0.15, 0.2) is 0 Å². The number of nitrogens with one attached hydrogen (secondary N) is 1. The third-order valence-electron chi connectivity index (χ3n) is 5.42. The van der Waals surface area contributed by atoms with Crippen molar-refractivity contribution < 1.29 is 9.59 Å². The molecule has 2 atom stereocenters. The van der Waals surface area contributed by atoms with E-state index in [1.54, 1.807) is 28.0 Å². The van der Waals surface area contributed by atoms with E-state index in [0.717, 1.165) is 32.9 Å². The lowest BCUT2D eigenvalue weighted by Crippen LogP contribution is -2.48. The molecule has 0 aliphatic carbocycles. The van der Waals surface area contributed by atoms with E-state index in [-0.39, 0.29) is 16.7 Å². The molecule has 3 aromatic rings. The number of nitrogens with zero attached hydrogens (tertiary/aromatic N) is 2. The second-order valence-electron chi connectivity index (χ2n) is 7.32. The molecule has 2 saturated heterocycles. The van der Waals surface area contributed by atoms with Crippen LogP contribution in [0.25, 0.3) is 20.8 Å². The lowest BCUT2D eigenvalue weighted by molar-refractivity contribution is -0.135. The average Bonchev–Trinajstić information content (AvgIpc) is 3.35. The predicted molar refractivity (Wildman–Crippen MR) is 114 cm³/mol. The molecule has 2 aliphatic heterocycles. The number of hydrogen-bond acceptors (Lipinski definition) is 5. The number of anilines is 1. The molecule has 3 heterocycles. The fourth-order valence-electron chi connectivity index (χ4n) is 3.97. The summed E-state index contributed by atoms with van der Waals surface area (Å²) in [5, 5.41) is 3.94. The summed E-state index contributed by atoms with van der Waals surface area (Å²) in [6, 6.07) is 15.4. The molecule has 2 aromatic carbocycles. The zero-order chi connectivity index (χ0) is 19.3. The number of rotatable bonds is 3. The van der Waals surface area contributed by atoms with Crippen LogP contribution in [0.4, 0.5) is 5.69 Å². The van der Waals surface area contributed by atoms with Gasteiger partial charge in [-0.2, -0.15) is 0 Å². The molecule has 1 aromatic heterocycles. The molecular formula is C21H19N3O2S2. The molecule has 2 aliphatic rings. The van der Waals surface area contributed by atoms with Crippen LogP contribution in [0.1, 0.15) is 19.8 Å². The van der Waals surface area contributed by atoms with Gasteiger partial charge in [-0.1, -0.05) is 24.3 Å². The molecule has 28 heavy (non-hydrogen) atoms. The maximum atomic E-state index is 12.9. The molecule has 0 bridgehead atoms. The molecule has 0 radical (unpaired) electrons. The lowest BCUT2D eigenvalue weighted by Gasteiger charge is -2.29. The van der Waals surface area contributed by atoms with E-state index in [0.29, 0.717) is 12.2 Å². The van der Waals surface area contributed by atoms with Gasteiger partial charge < -0.3 is 10.2 Å². The van der Waals surface area contributed by atoms with E-state index < -0.39 is 6.04 Å². The Morgan fingerprint density at radius 2 is 2.11 bits per heavy atom. The van der Waals surface area contributed by atoms with E-state index in [4.69, 9.17) is 4.98 Å². The average molecular weight is 410 g/mol. The van der Waals surface area contributed by atoms with Crippen molar-refractivity contribution in [2.24, 2.45) is 0 Å². The number of carbonyl (C=O) groups excluding carboxylic acids is 2. The van der Waals surface area contributed by atoms with E-state index in [1.807, 2.05) is 42.5 Å². The Morgan fingerprint density at radius 3 is 2.96 bits per heavy atom. The number of para-hydroxylation sites is 1. The summed E-state index contributed by atoms with van der Waals surface area (Å²) in [4.78, 5) is 31.4. The summed E-state index contributed by atoms with van der Waals surface area (Å²) < 4.78 is 1.14. The fourth-order valence-corrected chi connectivity index (χ4v) is 6.36. The van der Waals surface area contributed by atoms with Crippen LogP contribution in [-0.4, -0.2) is 38.4 Å². The predicted octanol–water partition coefficient (Wildman–Crippen LogP) is 4.36. The molecule has 2 unspecified atom stereocenters. The molecule has 0 saturated carbocycles. The topological polar surface area (TPSA) is 62.3 Å². The van der Waals surface area contributed by atoms with Gasteiger partial charge in [-0.3, -0.25) is 9.59 Å². The standard InChI is InChI=1S/C21H19N3O2S2/c1-21-10-9-18(25)24(21)16(12-27-21)19(26)22-14-6-4-5-13(11-14)20-23-15-7-2-3-8-17(15)28-20/h2-8,11,16H,9-10,12H2,1H3,(H,22,26). The van der Waals surface area contributed by atoms with Crippen LogP contribution < -0.4 is 5.32 Å². The summed E-state index contributed by atoms with van der Waals surface area (Å²) in [7, 11) is 0. The van der Waals surface area contributed by atoms with Crippen molar-refractivity contribution in [3.8, 4) is 10.6 Å². The van der Waals surface area contributed by atoms with Crippen molar-refractivity contribution in [3.05, 3.63) is 48.5 Å². The van der Waals surface area contributed by atoms with Crippen molar-refractivity contribution in [1.29, 1.82) is 0 Å². The van der Waals surface area contributed by atoms with E-state index >= 15 is 0 Å². The SMILES string of the molecule is CC12CCC(=O)N1C(C(=O)Nc1cccc(-c3nc4ccccc4s3)c1)CS2. The van der Waals surface area contributed by atoms with Gasteiger partial charge in [-0.05, 0) is 37.6 Å². The molecule has 1 N–H and O–H groups in total. The number of carbonyl (C=O) groups is 2. The van der Waals surface area contributed by atoms with Gasteiger partial charge in [0.1, 0.15) is 11.0 Å². The molecule has 2 fully saturated rings. The summed E-state index contributed by atoms with van der Waals surface area (Å²) in [6.45, 7) is 2.06. The minimum absolute atomic E-state index is 0.0795. The van der Waals surface area contributed by atoms with Gasteiger partial charge in [0.05, 0.1) is 15.1 Å². The molecule has 7 heteroatoms. The molecule has 5 rings (SSSR count). The van der Waals surface area contributed by atoms with Crippen LogP contribution in [0.3, 0.4) is 0 Å². The van der Waals surface area contributed by atoms with Gasteiger partial charge in [-0.15, -0.1) is 23.1 Å². The zero-order valence-electron chi connectivity index (χ0n) is 15.3. The minimum Gasteiger partial charge on any atom is -0.324 e. The van der Waals surface area contributed by atoms with Crippen LogP contribution in [0.5, 0.6) is 0 Å². The minimum atomic E-state index is -0.406. The maximum Gasteiger partial charge on any atom is 0.248 e. The highest BCUT2D eigenvalue weighted by atomic mass is 32.2. The highest BCUT2D eigenvalue weighted by Gasteiger charge is 2.52. The number of benzene rings is 2. The highest BCUT2D eigenvalue weighted by molar-refractivity contribution is 8.01. The van der Waals surface area contributed by atoms with Gasteiger partial charge in [0, 0.05) is 23.4 Å². The van der Waals surface area contributed by atoms with E-state index in [2.05, 4.69) is 18.3 Å². The van der Waals surface area contributed by atoms with Crippen molar-refractivity contribution in [1.82, 2.24) is 9.88 Å². The summed E-state index contributed by atoms with van der Waals surface area (Å²) >= 11 is 3.34. The van der Waals surface area contributed by atoms with Gasteiger partial charge in [-0.25, -0.2) is 4.98 Å². The molecule has 0 spiro atoms. The van der Waals surface area contributed by atoms with Gasteiger partial charge in [0.2, 0.25) is 11.8 Å². The first-order valence-electron chi connectivity index (χ1n) is 9.26. The Balaban J connectivity index is 1.38. The monoisotopic (exact) mass is 409 g/mol. The van der Waals surface area contributed by atoms with E-state index in [1.165, 1.54) is 0 Å².